The summed E-state index contributed by atoms with van der Waals surface area (Å²) < 4.78 is 31.5. The van der Waals surface area contributed by atoms with Crippen molar-refractivity contribution in [3.63, 3.8) is 0 Å². The van der Waals surface area contributed by atoms with Gasteiger partial charge in [0.05, 0.1) is 29.0 Å². The van der Waals surface area contributed by atoms with Crippen LogP contribution in [0.4, 0.5) is 11.4 Å². The second-order valence-electron chi connectivity index (χ2n) is 5.31. The molecule has 0 aromatic heterocycles. The molecule has 0 aliphatic rings. The van der Waals surface area contributed by atoms with Crippen LogP contribution >= 0.6 is 0 Å². The van der Waals surface area contributed by atoms with Gasteiger partial charge in [0.1, 0.15) is 0 Å². The number of benzene rings is 2. The number of ether oxygens (including phenoxy) is 1. The average Bonchev–Trinajstić information content (AvgIpc) is 2.56. The first kappa shape index (κ1) is 18.4. The molecule has 0 unspecified atom stereocenters. The van der Waals surface area contributed by atoms with Gasteiger partial charge in [-0.15, -0.1) is 0 Å². The number of nitro benzene ring substituents is 1. The summed E-state index contributed by atoms with van der Waals surface area (Å²) in [7, 11) is -2.52. The summed E-state index contributed by atoms with van der Waals surface area (Å²) in [5.41, 5.74) is 1.29. The van der Waals surface area contributed by atoms with E-state index in [2.05, 4.69) is 9.46 Å². The predicted molar refractivity (Wildman–Crippen MR) is 91.9 cm³/mol. The van der Waals surface area contributed by atoms with E-state index in [-0.39, 0.29) is 17.1 Å². The maximum atomic E-state index is 12.3. The number of non-ortho nitro benzene ring substituents is 1. The fourth-order valence-corrected chi connectivity index (χ4v) is 3.37. The lowest BCUT2D eigenvalue weighted by atomic mass is 10.1. The van der Waals surface area contributed by atoms with E-state index in [1.807, 2.05) is 0 Å². The van der Waals surface area contributed by atoms with Crippen molar-refractivity contribution in [3.8, 4) is 0 Å². The number of methoxy groups -OCH3 is 1. The van der Waals surface area contributed by atoms with Gasteiger partial charge >= 0.3 is 5.97 Å². The van der Waals surface area contributed by atoms with Crippen molar-refractivity contribution in [2.45, 2.75) is 12.7 Å². The number of nitrogens with zero attached hydrogens (tertiary/aromatic N) is 1. The summed E-state index contributed by atoms with van der Waals surface area (Å²) in [6, 6.07) is 9.90. The minimum absolute atomic E-state index is 0.153. The molecular formula is C16H16N2O6S. The number of nitro groups is 1. The highest BCUT2D eigenvalue weighted by Gasteiger charge is 2.16. The fraction of sp³-hybridized carbons (Fsp3) is 0.188. The molecule has 2 rings (SSSR count). The second kappa shape index (κ2) is 7.31. The van der Waals surface area contributed by atoms with Gasteiger partial charge in [0.15, 0.2) is 0 Å². The number of rotatable bonds is 6. The molecule has 0 aliphatic heterocycles. The number of carbonyl (C=O) groups is 1. The average molecular weight is 364 g/mol. The molecule has 1 N–H and O–H groups in total. The summed E-state index contributed by atoms with van der Waals surface area (Å²) >= 11 is 0. The number of aryl methyl sites for hydroxylation is 1. The molecule has 0 atom stereocenters. The number of esters is 1. The second-order valence-corrected chi connectivity index (χ2v) is 7.03. The Morgan fingerprint density at radius 1 is 1.20 bits per heavy atom. The maximum Gasteiger partial charge on any atom is 0.337 e. The van der Waals surface area contributed by atoms with Gasteiger partial charge in [0.2, 0.25) is 10.0 Å². The zero-order chi connectivity index (χ0) is 18.6. The fourth-order valence-electron chi connectivity index (χ4n) is 2.11. The molecule has 0 saturated carbocycles. The van der Waals surface area contributed by atoms with Crippen LogP contribution in [-0.4, -0.2) is 26.4 Å². The molecule has 25 heavy (non-hydrogen) atoms. The van der Waals surface area contributed by atoms with Crippen molar-refractivity contribution >= 4 is 27.4 Å². The van der Waals surface area contributed by atoms with Gasteiger partial charge < -0.3 is 4.74 Å². The number of nitrogens with one attached hydrogen (secondary N) is 1. The molecule has 0 fully saturated rings. The highest BCUT2D eigenvalue weighted by molar-refractivity contribution is 7.91. The standard InChI is InChI=1S/C16H16N2O6S/c1-11-3-8-14(18(20)21)9-15(11)17-25(22,23)10-12-4-6-13(7-5-12)16(19)24-2/h3-9,17H,10H2,1-2H3. The highest BCUT2D eigenvalue weighted by Crippen LogP contribution is 2.23. The first-order valence-electron chi connectivity index (χ1n) is 7.14. The third-order valence-corrected chi connectivity index (χ3v) is 4.67. The molecule has 132 valence electrons. The topological polar surface area (TPSA) is 116 Å². The Kier molecular flexibility index (Phi) is 5.38. The van der Waals surface area contributed by atoms with Crippen LogP contribution in [0, 0.1) is 17.0 Å². The van der Waals surface area contributed by atoms with E-state index in [1.165, 1.54) is 49.6 Å². The van der Waals surface area contributed by atoms with Crippen LogP contribution in [0.1, 0.15) is 21.5 Å². The van der Waals surface area contributed by atoms with Gasteiger partial charge in [-0.2, -0.15) is 0 Å². The van der Waals surface area contributed by atoms with Crippen molar-refractivity contribution in [1.29, 1.82) is 0 Å². The van der Waals surface area contributed by atoms with Crippen molar-refractivity contribution in [3.05, 3.63) is 69.3 Å². The van der Waals surface area contributed by atoms with Gasteiger partial charge in [-0.05, 0) is 30.2 Å². The summed E-state index contributed by atoms with van der Waals surface area (Å²) in [6.45, 7) is 1.65. The van der Waals surface area contributed by atoms with Gasteiger partial charge in [0.25, 0.3) is 5.69 Å². The van der Waals surface area contributed by atoms with Crippen LogP contribution in [0.15, 0.2) is 42.5 Å². The maximum absolute atomic E-state index is 12.3. The monoisotopic (exact) mass is 364 g/mol. The number of anilines is 1. The SMILES string of the molecule is COC(=O)c1ccc(CS(=O)(=O)Nc2cc([N+](=O)[O-])ccc2C)cc1. The van der Waals surface area contributed by atoms with Crippen LogP contribution < -0.4 is 4.72 Å². The van der Waals surface area contributed by atoms with Gasteiger partial charge in [-0.25, -0.2) is 13.2 Å². The zero-order valence-electron chi connectivity index (χ0n) is 13.6. The Morgan fingerprint density at radius 2 is 1.84 bits per heavy atom. The van der Waals surface area contributed by atoms with Gasteiger partial charge in [-0.1, -0.05) is 18.2 Å². The van der Waals surface area contributed by atoms with E-state index in [9.17, 15) is 23.3 Å². The quantitative estimate of drug-likeness (QED) is 0.478. The lowest BCUT2D eigenvalue weighted by molar-refractivity contribution is -0.384. The number of carbonyl (C=O) groups excluding carboxylic acids is 1. The van der Waals surface area contributed by atoms with Crippen LogP contribution in [-0.2, 0) is 20.5 Å². The van der Waals surface area contributed by atoms with Crippen LogP contribution in [0.25, 0.3) is 0 Å². The predicted octanol–water partition coefficient (Wildman–Crippen LogP) is 2.63. The normalized spacial score (nSPS) is 11.0. The molecule has 0 radical (unpaired) electrons. The largest absolute Gasteiger partial charge is 0.465 e. The molecular weight excluding hydrogens is 348 g/mol. The van der Waals surface area contributed by atoms with Gasteiger partial charge in [-0.3, -0.25) is 14.8 Å². The molecule has 0 spiro atoms. The molecule has 9 heteroatoms. The minimum Gasteiger partial charge on any atom is -0.465 e. The Labute approximate surface area is 144 Å². The molecule has 8 nitrogen and oxygen atoms in total. The molecule has 0 bridgehead atoms. The number of hydrogen-bond donors (Lipinski definition) is 1. The summed E-state index contributed by atoms with van der Waals surface area (Å²) in [4.78, 5) is 21.6. The molecule has 0 amide bonds. The summed E-state index contributed by atoms with van der Waals surface area (Å²) in [5.74, 6) is -0.851. The van der Waals surface area contributed by atoms with Crippen LogP contribution in [0.3, 0.4) is 0 Å². The van der Waals surface area contributed by atoms with Gasteiger partial charge in [0, 0.05) is 12.1 Å². The Bertz CT molecular complexity index is 907. The highest BCUT2D eigenvalue weighted by atomic mass is 32.2. The third-order valence-electron chi connectivity index (χ3n) is 3.43. The molecule has 2 aromatic rings. The molecule has 0 heterocycles. The first-order valence-corrected chi connectivity index (χ1v) is 8.80. The summed E-state index contributed by atoms with van der Waals surface area (Å²) in [5, 5.41) is 10.8. The zero-order valence-corrected chi connectivity index (χ0v) is 14.4. The first-order chi connectivity index (χ1) is 11.7. The molecule has 0 aliphatic carbocycles. The van der Waals surface area contributed by atoms with E-state index in [0.717, 1.165) is 0 Å². The van der Waals surface area contributed by atoms with Crippen molar-refractivity contribution in [2.24, 2.45) is 0 Å². The van der Waals surface area contributed by atoms with E-state index >= 15 is 0 Å². The van der Waals surface area contributed by atoms with E-state index < -0.39 is 20.9 Å². The van der Waals surface area contributed by atoms with E-state index in [1.54, 1.807) is 6.92 Å². The van der Waals surface area contributed by atoms with E-state index in [0.29, 0.717) is 16.7 Å². The van der Waals surface area contributed by atoms with Crippen molar-refractivity contribution < 1.29 is 22.9 Å². The van der Waals surface area contributed by atoms with E-state index in [4.69, 9.17) is 0 Å². The molecule has 0 saturated heterocycles. The molecule has 2 aromatic carbocycles. The lowest BCUT2D eigenvalue weighted by Gasteiger charge is -2.10. The van der Waals surface area contributed by atoms with Crippen LogP contribution in [0.2, 0.25) is 0 Å². The Balaban J connectivity index is 2.18. The third kappa shape index (κ3) is 4.77. The van der Waals surface area contributed by atoms with Crippen molar-refractivity contribution in [1.82, 2.24) is 0 Å². The number of sulfonamides is 1. The number of hydrogen-bond acceptors (Lipinski definition) is 6. The Morgan fingerprint density at radius 3 is 2.40 bits per heavy atom. The van der Waals surface area contributed by atoms with Crippen LogP contribution in [0.5, 0.6) is 0 Å². The smallest absolute Gasteiger partial charge is 0.337 e. The van der Waals surface area contributed by atoms with Crippen molar-refractivity contribution in [2.75, 3.05) is 11.8 Å². The Hall–Kier alpha value is -2.94. The summed E-state index contributed by atoms with van der Waals surface area (Å²) in [6.07, 6.45) is 0. The minimum atomic E-state index is -3.78. The lowest BCUT2D eigenvalue weighted by Crippen LogP contribution is -2.16.